The van der Waals surface area contributed by atoms with Gasteiger partial charge >= 0.3 is 6.03 Å². The number of quaternary nitrogens is 2. The highest BCUT2D eigenvalue weighted by Crippen LogP contribution is 2.36. The van der Waals surface area contributed by atoms with Gasteiger partial charge in [0.15, 0.2) is 18.9 Å². The van der Waals surface area contributed by atoms with Gasteiger partial charge in [0.05, 0.1) is 33.0 Å². The Balaban J connectivity index is 1.62. The molecule has 9 heteroatoms. The number of benzene rings is 1. The summed E-state index contributed by atoms with van der Waals surface area (Å²) in [5, 5.41) is 0. The Morgan fingerprint density at radius 1 is 0.935 bits per heavy atom. The number of hydrogen-bond donors (Lipinski definition) is 2. The van der Waals surface area contributed by atoms with Crippen LogP contribution in [0.1, 0.15) is 19.4 Å². The molecule has 0 aliphatic carbocycles. The van der Waals surface area contributed by atoms with E-state index in [2.05, 4.69) is 0 Å². The second-order valence-corrected chi connectivity index (χ2v) is 8.51. The fraction of sp³-hybridized carbons (Fsp3) is 0.636. The van der Waals surface area contributed by atoms with Gasteiger partial charge in [-0.25, -0.2) is 9.69 Å². The first-order valence-corrected chi connectivity index (χ1v) is 11.2. The number of rotatable bonds is 7. The van der Waals surface area contributed by atoms with E-state index >= 15 is 0 Å². The summed E-state index contributed by atoms with van der Waals surface area (Å²) in [5.41, 5.74) is -0.236. The zero-order valence-electron chi connectivity index (χ0n) is 18.5. The number of ether oxygens (including phenoxy) is 3. The third-order valence-electron chi connectivity index (χ3n) is 6.55. The lowest BCUT2D eigenvalue weighted by molar-refractivity contribution is -0.918. The topological polar surface area (TPSA) is 77.2 Å². The van der Waals surface area contributed by atoms with Crippen LogP contribution in [0.15, 0.2) is 24.3 Å². The van der Waals surface area contributed by atoms with Gasteiger partial charge in [0.1, 0.15) is 31.9 Å². The molecule has 9 nitrogen and oxygen atoms in total. The summed E-state index contributed by atoms with van der Waals surface area (Å²) in [6.07, 6.45) is 0. The van der Waals surface area contributed by atoms with E-state index in [1.165, 1.54) is 14.7 Å². The van der Waals surface area contributed by atoms with Crippen LogP contribution in [0.2, 0.25) is 0 Å². The summed E-state index contributed by atoms with van der Waals surface area (Å²) in [6.45, 7) is 11.2. The lowest BCUT2D eigenvalue weighted by Crippen LogP contribution is -3.16. The van der Waals surface area contributed by atoms with Crippen molar-refractivity contribution in [2.45, 2.75) is 19.4 Å². The minimum Gasteiger partial charge on any atom is -0.494 e. The summed E-state index contributed by atoms with van der Waals surface area (Å²) < 4.78 is 16.5. The van der Waals surface area contributed by atoms with Crippen molar-refractivity contribution >= 4 is 11.9 Å². The van der Waals surface area contributed by atoms with Crippen LogP contribution in [-0.2, 0) is 19.8 Å². The molecule has 3 aliphatic rings. The molecule has 1 atom stereocenters. The predicted octanol–water partition coefficient (Wildman–Crippen LogP) is -1.69. The maximum Gasteiger partial charge on any atom is 0.336 e. The number of nitrogens with zero attached hydrogens (tertiary/aromatic N) is 2. The van der Waals surface area contributed by atoms with Gasteiger partial charge in [0.25, 0.3) is 5.91 Å². The minimum atomic E-state index is -1.04. The molecule has 1 aromatic rings. The van der Waals surface area contributed by atoms with Crippen LogP contribution >= 0.6 is 0 Å². The van der Waals surface area contributed by atoms with E-state index in [0.717, 1.165) is 37.5 Å². The summed E-state index contributed by atoms with van der Waals surface area (Å²) in [7, 11) is 0. The lowest BCUT2D eigenvalue weighted by Gasteiger charge is -2.35. The van der Waals surface area contributed by atoms with Crippen molar-refractivity contribution < 1.29 is 33.6 Å². The van der Waals surface area contributed by atoms with Crippen LogP contribution in [0.25, 0.3) is 0 Å². The van der Waals surface area contributed by atoms with Crippen LogP contribution in [0, 0.1) is 0 Å². The van der Waals surface area contributed by atoms with Crippen molar-refractivity contribution in [3.8, 4) is 5.75 Å². The second kappa shape index (κ2) is 9.52. The molecular weight excluding hydrogens is 400 g/mol. The molecule has 3 saturated heterocycles. The Hall–Kier alpha value is -2.20. The summed E-state index contributed by atoms with van der Waals surface area (Å²) in [4.78, 5) is 32.9. The Morgan fingerprint density at radius 2 is 1.48 bits per heavy atom. The third-order valence-corrected chi connectivity index (χ3v) is 6.55. The van der Waals surface area contributed by atoms with Gasteiger partial charge in [-0.05, 0) is 31.5 Å². The molecule has 3 heterocycles. The minimum absolute atomic E-state index is 0.159. The van der Waals surface area contributed by atoms with Gasteiger partial charge in [-0.2, -0.15) is 0 Å². The molecule has 0 aromatic heterocycles. The van der Waals surface area contributed by atoms with Gasteiger partial charge in [-0.1, -0.05) is 12.1 Å². The number of urea groups is 1. The third kappa shape index (κ3) is 4.41. The molecule has 0 spiro atoms. The maximum atomic E-state index is 13.7. The van der Waals surface area contributed by atoms with Crippen LogP contribution in [-0.4, -0.2) is 94.3 Å². The van der Waals surface area contributed by atoms with Gasteiger partial charge in [-0.3, -0.25) is 9.69 Å². The number of carbonyl (C=O) groups is 2. The zero-order chi connectivity index (χ0) is 21.8. The molecule has 1 aromatic carbocycles. The van der Waals surface area contributed by atoms with Crippen LogP contribution in [0.3, 0.4) is 0 Å². The molecule has 0 radical (unpaired) electrons. The molecule has 170 valence electrons. The Morgan fingerprint density at radius 3 is 2.03 bits per heavy atom. The first kappa shape index (κ1) is 22.0. The molecule has 2 N–H and O–H groups in total. The molecule has 0 unspecified atom stereocenters. The van der Waals surface area contributed by atoms with E-state index in [-0.39, 0.29) is 11.9 Å². The average Bonchev–Trinajstić information content (AvgIpc) is 2.98. The zero-order valence-corrected chi connectivity index (χ0v) is 18.5. The molecule has 0 bridgehead atoms. The molecule has 4 rings (SSSR count). The molecule has 0 saturated carbocycles. The molecule has 3 amide bonds. The molecule has 3 fully saturated rings. The van der Waals surface area contributed by atoms with Crippen molar-refractivity contribution in [3.05, 3.63) is 29.8 Å². The van der Waals surface area contributed by atoms with E-state index < -0.39 is 5.54 Å². The Labute approximate surface area is 183 Å². The first-order valence-electron chi connectivity index (χ1n) is 11.2. The number of imide groups is 1. The Kier molecular flexibility index (Phi) is 6.76. The van der Waals surface area contributed by atoms with Crippen molar-refractivity contribution in [2.24, 2.45) is 0 Å². The number of morpholine rings is 2. The van der Waals surface area contributed by atoms with Crippen molar-refractivity contribution in [2.75, 3.05) is 72.6 Å². The highest BCUT2D eigenvalue weighted by molar-refractivity contribution is 6.07. The van der Waals surface area contributed by atoms with Crippen LogP contribution in [0.5, 0.6) is 5.75 Å². The summed E-state index contributed by atoms with van der Waals surface area (Å²) in [5.74, 6) is 0.597. The fourth-order valence-electron chi connectivity index (χ4n) is 4.57. The van der Waals surface area contributed by atoms with Crippen molar-refractivity contribution in [3.63, 3.8) is 0 Å². The highest BCUT2D eigenvalue weighted by atomic mass is 16.5. The van der Waals surface area contributed by atoms with Crippen LogP contribution < -0.4 is 14.5 Å². The summed E-state index contributed by atoms with van der Waals surface area (Å²) in [6, 6.07) is 7.35. The number of amides is 3. The van der Waals surface area contributed by atoms with Crippen molar-refractivity contribution in [1.82, 2.24) is 9.80 Å². The Bertz CT molecular complexity index is 777. The average molecular weight is 435 g/mol. The monoisotopic (exact) mass is 434 g/mol. The first-order chi connectivity index (χ1) is 15.0. The van der Waals surface area contributed by atoms with E-state index in [9.17, 15) is 9.59 Å². The lowest BCUT2D eigenvalue weighted by atomic mass is 9.90. The predicted molar refractivity (Wildman–Crippen MR) is 112 cm³/mol. The normalized spacial score (nSPS) is 26.0. The SMILES string of the molecule is CCOc1ccc([C@@]2(C)C(=O)N(C[NH+]3CCOCC3)C(=O)N2C[NH+]2CCOCC2)cc1. The van der Waals surface area contributed by atoms with Gasteiger partial charge in [0, 0.05) is 0 Å². The second-order valence-electron chi connectivity index (χ2n) is 8.51. The number of carbonyl (C=O) groups excluding carboxylic acids is 2. The molecule has 31 heavy (non-hydrogen) atoms. The summed E-state index contributed by atoms with van der Waals surface area (Å²) >= 11 is 0. The van der Waals surface area contributed by atoms with Gasteiger partial charge < -0.3 is 24.0 Å². The van der Waals surface area contributed by atoms with Crippen molar-refractivity contribution in [1.29, 1.82) is 0 Å². The van der Waals surface area contributed by atoms with Crippen LogP contribution in [0.4, 0.5) is 4.79 Å². The number of hydrogen-bond acceptors (Lipinski definition) is 5. The fourth-order valence-corrected chi connectivity index (χ4v) is 4.57. The standard InChI is InChI=1S/C22H32N4O5/c1-3-31-19-6-4-18(5-7-19)22(2)20(27)25(16-23-8-12-29-13-9-23)21(28)26(22)17-24-10-14-30-15-11-24/h4-7H,3,8-17H2,1-2H3/p+2/t22-/m0/s1. The smallest absolute Gasteiger partial charge is 0.336 e. The molecule has 3 aliphatic heterocycles. The van der Waals surface area contributed by atoms with E-state index in [1.807, 2.05) is 38.1 Å². The highest BCUT2D eigenvalue weighted by Gasteiger charge is 2.57. The van der Waals surface area contributed by atoms with E-state index in [1.54, 1.807) is 4.90 Å². The van der Waals surface area contributed by atoms with Gasteiger partial charge in [-0.15, -0.1) is 0 Å². The largest absolute Gasteiger partial charge is 0.494 e. The van der Waals surface area contributed by atoms with E-state index in [4.69, 9.17) is 14.2 Å². The van der Waals surface area contributed by atoms with Gasteiger partial charge in [0.2, 0.25) is 0 Å². The molecular formula is C22H34N4O5+2. The quantitative estimate of drug-likeness (QED) is 0.501. The van der Waals surface area contributed by atoms with E-state index in [0.29, 0.717) is 46.4 Å². The number of nitrogens with one attached hydrogen (secondary N) is 2. The maximum absolute atomic E-state index is 13.7.